The summed E-state index contributed by atoms with van der Waals surface area (Å²) in [7, 11) is 0. The van der Waals surface area contributed by atoms with Gasteiger partial charge in [0.25, 0.3) is 11.8 Å². The number of hydroxylamine groups is 1. The zero-order chi connectivity index (χ0) is 20.4. The van der Waals surface area contributed by atoms with Crippen LogP contribution in [0.15, 0.2) is 54.6 Å². The summed E-state index contributed by atoms with van der Waals surface area (Å²) >= 11 is 0. The molecule has 0 spiro atoms. The van der Waals surface area contributed by atoms with Gasteiger partial charge >= 0.3 is 0 Å². The van der Waals surface area contributed by atoms with Crippen molar-refractivity contribution in [1.29, 1.82) is 0 Å². The van der Waals surface area contributed by atoms with Crippen LogP contribution in [0.4, 0.5) is 0 Å². The van der Waals surface area contributed by atoms with Gasteiger partial charge in [-0.2, -0.15) is 0 Å². The quantitative estimate of drug-likeness (QED) is 0.248. The maximum absolute atomic E-state index is 12.2. The normalized spacial score (nSPS) is 11.4. The monoisotopic (exact) mass is 384 g/mol. The summed E-state index contributed by atoms with van der Waals surface area (Å²) in [6, 6.07) is 16.1. The third kappa shape index (κ3) is 6.19. The molecule has 8 nitrogen and oxygen atoms in total. The van der Waals surface area contributed by atoms with Crippen molar-refractivity contribution in [3.8, 4) is 11.1 Å². The average molecular weight is 384 g/mol. The number of carbonyl (C=O) groups is 3. The van der Waals surface area contributed by atoms with Gasteiger partial charge in [-0.15, -0.1) is 0 Å². The molecule has 28 heavy (non-hydrogen) atoms. The molecule has 0 fully saturated rings. The van der Waals surface area contributed by atoms with Gasteiger partial charge in [0.2, 0.25) is 5.91 Å². The molecule has 0 aromatic heterocycles. The molecule has 0 unspecified atom stereocenters. The van der Waals surface area contributed by atoms with Crippen LogP contribution in [0, 0.1) is 0 Å². The molecule has 0 aliphatic carbocycles. The Morgan fingerprint density at radius 1 is 0.964 bits per heavy atom. The lowest BCUT2D eigenvalue weighted by atomic mass is 10.0. The molecule has 1 atom stereocenters. The molecule has 0 saturated carbocycles. The summed E-state index contributed by atoms with van der Waals surface area (Å²) in [4.78, 5) is 35.2. The van der Waals surface area contributed by atoms with Crippen molar-refractivity contribution < 1.29 is 19.6 Å². The Kier molecular flexibility index (Phi) is 8.13. The van der Waals surface area contributed by atoms with Crippen LogP contribution in [0.5, 0.6) is 0 Å². The Morgan fingerprint density at radius 2 is 1.61 bits per heavy atom. The van der Waals surface area contributed by atoms with Crippen LogP contribution in [0.1, 0.15) is 23.2 Å². The molecule has 0 saturated heterocycles. The number of benzene rings is 2. The van der Waals surface area contributed by atoms with Gasteiger partial charge in [-0.05, 0) is 29.7 Å². The number of hydrogen-bond donors (Lipinski definition) is 5. The first-order chi connectivity index (χ1) is 13.5. The average Bonchev–Trinajstić information content (AvgIpc) is 2.75. The first-order valence-electron chi connectivity index (χ1n) is 8.92. The van der Waals surface area contributed by atoms with Crippen molar-refractivity contribution >= 4 is 17.7 Å². The fraction of sp³-hybridized carbons (Fsp3) is 0.250. The molecule has 0 bridgehead atoms. The third-order valence-electron chi connectivity index (χ3n) is 4.12. The molecule has 8 heteroatoms. The Labute approximate surface area is 163 Å². The molecule has 0 radical (unpaired) electrons. The van der Waals surface area contributed by atoms with Gasteiger partial charge in [0.15, 0.2) is 0 Å². The third-order valence-corrected chi connectivity index (χ3v) is 4.12. The maximum atomic E-state index is 12.2. The minimum Gasteiger partial charge on any atom is -0.352 e. The van der Waals surface area contributed by atoms with Crippen LogP contribution in [-0.2, 0) is 9.59 Å². The number of nitrogens with one attached hydrogen (secondary N) is 3. The molecular weight excluding hydrogens is 360 g/mol. The van der Waals surface area contributed by atoms with E-state index in [4.69, 9.17) is 10.9 Å². The molecule has 3 amide bonds. The summed E-state index contributed by atoms with van der Waals surface area (Å²) in [5.74, 6) is -1.39. The van der Waals surface area contributed by atoms with Gasteiger partial charge in [0.05, 0.1) is 0 Å². The highest BCUT2D eigenvalue weighted by atomic mass is 16.5. The van der Waals surface area contributed by atoms with E-state index in [2.05, 4.69) is 10.6 Å². The van der Waals surface area contributed by atoms with Crippen LogP contribution >= 0.6 is 0 Å². The second kappa shape index (κ2) is 10.8. The van der Waals surface area contributed by atoms with E-state index < -0.39 is 11.9 Å². The number of carbonyl (C=O) groups excluding carboxylic acids is 3. The minimum absolute atomic E-state index is 0.114. The van der Waals surface area contributed by atoms with Gasteiger partial charge in [-0.25, -0.2) is 5.48 Å². The topological polar surface area (TPSA) is 134 Å². The number of amides is 3. The van der Waals surface area contributed by atoms with E-state index in [1.807, 2.05) is 42.5 Å². The van der Waals surface area contributed by atoms with Crippen molar-refractivity contribution in [2.24, 2.45) is 5.73 Å². The van der Waals surface area contributed by atoms with Crippen LogP contribution in [0.25, 0.3) is 11.1 Å². The summed E-state index contributed by atoms with van der Waals surface area (Å²) in [5, 5.41) is 13.7. The van der Waals surface area contributed by atoms with E-state index >= 15 is 0 Å². The SMILES string of the molecule is NC[C@H](NC(=O)CCCNC(=O)c1ccc(-c2ccccc2)cc1)C(=O)NO. The standard InChI is InChI=1S/C20H24N4O4/c21-13-17(20(27)24-28)23-18(25)7-4-12-22-19(26)16-10-8-15(9-11-16)14-5-2-1-3-6-14/h1-3,5-6,8-11,17,28H,4,7,12-13,21H2,(H,22,26)(H,23,25)(H,24,27)/t17-/m0/s1. The lowest BCUT2D eigenvalue weighted by molar-refractivity contribution is -0.134. The summed E-state index contributed by atoms with van der Waals surface area (Å²) in [6.07, 6.45) is 0.514. The molecule has 2 rings (SSSR count). The Hall–Kier alpha value is -3.23. The fourth-order valence-electron chi connectivity index (χ4n) is 2.57. The largest absolute Gasteiger partial charge is 0.352 e. The lowest BCUT2D eigenvalue weighted by Crippen LogP contribution is -2.50. The van der Waals surface area contributed by atoms with Crippen LogP contribution < -0.4 is 21.8 Å². The van der Waals surface area contributed by atoms with E-state index in [1.165, 1.54) is 5.48 Å². The minimum atomic E-state index is -0.991. The zero-order valence-electron chi connectivity index (χ0n) is 15.4. The van der Waals surface area contributed by atoms with Gasteiger partial charge in [-0.1, -0.05) is 42.5 Å². The van der Waals surface area contributed by atoms with Crippen molar-refractivity contribution in [2.45, 2.75) is 18.9 Å². The Bertz CT molecular complexity index is 794. The Balaban J connectivity index is 1.75. The lowest BCUT2D eigenvalue weighted by Gasteiger charge is -2.14. The van der Waals surface area contributed by atoms with Crippen molar-refractivity contribution in [3.05, 3.63) is 60.2 Å². The maximum Gasteiger partial charge on any atom is 0.267 e. The van der Waals surface area contributed by atoms with Crippen molar-refractivity contribution in [3.63, 3.8) is 0 Å². The summed E-state index contributed by atoms with van der Waals surface area (Å²) in [6.45, 7) is 0.181. The summed E-state index contributed by atoms with van der Waals surface area (Å²) < 4.78 is 0. The van der Waals surface area contributed by atoms with E-state index in [0.29, 0.717) is 18.5 Å². The van der Waals surface area contributed by atoms with E-state index in [-0.39, 0.29) is 24.8 Å². The molecule has 0 heterocycles. The van der Waals surface area contributed by atoms with Crippen LogP contribution in [-0.4, -0.2) is 42.1 Å². The number of rotatable bonds is 9. The highest BCUT2D eigenvalue weighted by Gasteiger charge is 2.18. The molecule has 2 aromatic carbocycles. The first kappa shape index (κ1) is 21.1. The highest BCUT2D eigenvalue weighted by molar-refractivity contribution is 5.94. The van der Waals surface area contributed by atoms with Crippen LogP contribution in [0.3, 0.4) is 0 Å². The predicted molar refractivity (Wildman–Crippen MR) is 104 cm³/mol. The molecular formula is C20H24N4O4. The summed E-state index contributed by atoms with van der Waals surface area (Å²) in [5.41, 5.74) is 9.44. The molecule has 6 N–H and O–H groups in total. The molecule has 2 aromatic rings. The second-order valence-electron chi connectivity index (χ2n) is 6.13. The zero-order valence-corrected chi connectivity index (χ0v) is 15.4. The van der Waals surface area contributed by atoms with E-state index in [1.54, 1.807) is 12.1 Å². The van der Waals surface area contributed by atoms with Gasteiger partial charge < -0.3 is 16.4 Å². The predicted octanol–water partition coefficient (Wildman–Crippen LogP) is 0.812. The van der Waals surface area contributed by atoms with Gasteiger partial charge in [-0.3, -0.25) is 19.6 Å². The highest BCUT2D eigenvalue weighted by Crippen LogP contribution is 2.19. The second-order valence-corrected chi connectivity index (χ2v) is 6.13. The van der Waals surface area contributed by atoms with E-state index in [0.717, 1.165) is 11.1 Å². The Morgan fingerprint density at radius 3 is 2.21 bits per heavy atom. The van der Waals surface area contributed by atoms with Gasteiger partial charge in [0, 0.05) is 25.1 Å². The number of hydrogen-bond acceptors (Lipinski definition) is 5. The van der Waals surface area contributed by atoms with Crippen LogP contribution in [0.2, 0.25) is 0 Å². The van der Waals surface area contributed by atoms with Crippen molar-refractivity contribution in [1.82, 2.24) is 16.1 Å². The smallest absolute Gasteiger partial charge is 0.267 e. The molecule has 0 aliphatic rings. The number of nitrogens with two attached hydrogens (primary N) is 1. The fourth-order valence-corrected chi connectivity index (χ4v) is 2.57. The molecule has 148 valence electrons. The van der Waals surface area contributed by atoms with Gasteiger partial charge in [0.1, 0.15) is 6.04 Å². The first-order valence-corrected chi connectivity index (χ1v) is 8.92. The van der Waals surface area contributed by atoms with Crippen molar-refractivity contribution in [2.75, 3.05) is 13.1 Å². The van der Waals surface area contributed by atoms with E-state index in [9.17, 15) is 14.4 Å². The molecule has 0 aliphatic heterocycles.